The Hall–Kier alpha value is -3.12. The fraction of sp³-hybridized carbons (Fsp3) is 0.0500. The highest BCUT2D eigenvalue weighted by Crippen LogP contribution is 2.37. The molecule has 0 spiro atoms. The molecule has 126 valence electrons. The number of rotatable bonds is 2. The van der Waals surface area contributed by atoms with Gasteiger partial charge in [-0.3, -0.25) is 9.78 Å². The molecule has 0 saturated carbocycles. The molecule has 3 heterocycles. The number of nitrogens with one attached hydrogen (secondary N) is 1. The first kappa shape index (κ1) is 15.2. The summed E-state index contributed by atoms with van der Waals surface area (Å²) in [5.41, 5.74) is 1.66. The summed E-state index contributed by atoms with van der Waals surface area (Å²) >= 11 is 1.56. The third-order valence-corrected chi connectivity index (χ3v) is 5.55. The summed E-state index contributed by atoms with van der Waals surface area (Å²) in [4.78, 5) is 24.1. The summed E-state index contributed by atoms with van der Waals surface area (Å²) in [6, 6.07) is 10.3. The zero-order valence-electron chi connectivity index (χ0n) is 13.5. The van der Waals surface area contributed by atoms with E-state index in [0.717, 1.165) is 31.6 Å². The summed E-state index contributed by atoms with van der Waals surface area (Å²) in [5.74, 6) is -0.368. The fourth-order valence-electron chi connectivity index (χ4n) is 3.35. The molecular formula is C20H12FN3OS. The second-order valence-corrected chi connectivity index (χ2v) is 7.19. The maximum absolute atomic E-state index is 13.9. The highest BCUT2D eigenvalue weighted by atomic mass is 32.1. The van der Waals surface area contributed by atoms with Crippen LogP contribution in [0.3, 0.4) is 0 Å². The first-order chi connectivity index (χ1) is 12.7. The standard InChI is InChI=1S/C20H12FN3OS/c21-12-3-4-13-15(9-12)17-14(5-7-23-20(17)25)19-18(13)24-16(26-19)8-11-2-1-6-22-10-11/h1-7,9-10H,8H2,(H,23,25). The van der Waals surface area contributed by atoms with E-state index in [-0.39, 0.29) is 11.4 Å². The minimum absolute atomic E-state index is 0.220. The average molecular weight is 361 g/mol. The third kappa shape index (κ3) is 2.30. The van der Waals surface area contributed by atoms with Gasteiger partial charge in [0.15, 0.2) is 0 Å². The fourth-order valence-corrected chi connectivity index (χ4v) is 4.49. The van der Waals surface area contributed by atoms with Crippen LogP contribution in [0.15, 0.2) is 59.8 Å². The van der Waals surface area contributed by atoms with Gasteiger partial charge in [0.25, 0.3) is 5.56 Å². The number of pyridine rings is 2. The Morgan fingerprint density at radius 3 is 2.88 bits per heavy atom. The Morgan fingerprint density at radius 2 is 2.04 bits per heavy atom. The number of hydrogen-bond donors (Lipinski definition) is 1. The normalized spacial score (nSPS) is 11.6. The van der Waals surface area contributed by atoms with E-state index in [1.807, 2.05) is 24.4 Å². The van der Waals surface area contributed by atoms with Crippen molar-refractivity contribution in [2.45, 2.75) is 6.42 Å². The van der Waals surface area contributed by atoms with E-state index in [1.54, 1.807) is 29.8 Å². The van der Waals surface area contributed by atoms with Gasteiger partial charge in [0.05, 0.1) is 20.6 Å². The molecule has 5 rings (SSSR count). The molecule has 0 fully saturated rings. The highest BCUT2D eigenvalue weighted by molar-refractivity contribution is 7.19. The summed E-state index contributed by atoms with van der Waals surface area (Å²) in [7, 11) is 0. The minimum Gasteiger partial charge on any atom is -0.329 e. The number of benzene rings is 2. The van der Waals surface area contributed by atoms with E-state index in [0.29, 0.717) is 17.2 Å². The number of aromatic amines is 1. The second kappa shape index (κ2) is 5.71. The van der Waals surface area contributed by atoms with Crippen LogP contribution in [-0.4, -0.2) is 15.0 Å². The van der Waals surface area contributed by atoms with Crippen LogP contribution in [-0.2, 0) is 6.42 Å². The number of fused-ring (bicyclic) bond motifs is 6. The van der Waals surface area contributed by atoms with Crippen LogP contribution < -0.4 is 5.56 Å². The van der Waals surface area contributed by atoms with Crippen LogP contribution in [0.5, 0.6) is 0 Å². The number of aromatic nitrogens is 3. The van der Waals surface area contributed by atoms with Crippen molar-refractivity contribution in [1.82, 2.24) is 15.0 Å². The van der Waals surface area contributed by atoms with E-state index in [2.05, 4.69) is 9.97 Å². The van der Waals surface area contributed by atoms with Crippen LogP contribution in [0.1, 0.15) is 10.6 Å². The molecule has 0 aliphatic rings. The van der Waals surface area contributed by atoms with Crippen molar-refractivity contribution in [3.8, 4) is 0 Å². The van der Waals surface area contributed by atoms with Crippen LogP contribution in [0.25, 0.3) is 31.8 Å². The zero-order chi connectivity index (χ0) is 17.7. The molecular weight excluding hydrogens is 349 g/mol. The van der Waals surface area contributed by atoms with Gasteiger partial charge in [-0.2, -0.15) is 0 Å². The molecule has 0 aliphatic carbocycles. The molecule has 1 N–H and O–H groups in total. The molecule has 0 bridgehead atoms. The Balaban J connectivity index is 1.87. The number of halogens is 1. The summed E-state index contributed by atoms with van der Waals surface area (Å²) < 4.78 is 14.8. The molecule has 6 heteroatoms. The Bertz CT molecular complexity index is 1340. The molecule has 4 nitrogen and oxygen atoms in total. The van der Waals surface area contributed by atoms with E-state index in [4.69, 9.17) is 4.98 Å². The average Bonchev–Trinajstić information content (AvgIpc) is 3.06. The quantitative estimate of drug-likeness (QED) is 0.474. The molecule has 0 aliphatic heterocycles. The summed E-state index contributed by atoms with van der Waals surface area (Å²) in [6.07, 6.45) is 5.85. The van der Waals surface area contributed by atoms with E-state index < -0.39 is 0 Å². The van der Waals surface area contributed by atoms with Crippen molar-refractivity contribution in [3.63, 3.8) is 0 Å². The first-order valence-electron chi connectivity index (χ1n) is 8.11. The van der Waals surface area contributed by atoms with Crippen molar-refractivity contribution >= 4 is 43.1 Å². The van der Waals surface area contributed by atoms with Gasteiger partial charge < -0.3 is 4.98 Å². The van der Waals surface area contributed by atoms with Crippen molar-refractivity contribution in [2.24, 2.45) is 0 Å². The Labute approximate surface area is 151 Å². The van der Waals surface area contributed by atoms with Crippen molar-refractivity contribution < 1.29 is 4.39 Å². The molecule has 5 aromatic rings. The molecule has 3 aromatic heterocycles. The predicted molar refractivity (Wildman–Crippen MR) is 102 cm³/mol. The number of H-pyrrole nitrogens is 1. The van der Waals surface area contributed by atoms with Gasteiger partial charge in [-0.15, -0.1) is 11.3 Å². The van der Waals surface area contributed by atoms with Gasteiger partial charge in [0.2, 0.25) is 0 Å². The SMILES string of the molecule is O=c1[nH]ccc2c3sc(Cc4cccnc4)nc3c3ccc(F)cc3c12. The molecule has 26 heavy (non-hydrogen) atoms. The maximum atomic E-state index is 13.9. The topological polar surface area (TPSA) is 58.6 Å². The van der Waals surface area contributed by atoms with E-state index >= 15 is 0 Å². The lowest BCUT2D eigenvalue weighted by molar-refractivity contribution is 0.630. The lowest BCUT2D eigenvalue weighted by Crippen LogP contribution is -2.05. The molecule has 0 amide bonds. The van der Waals surface area contributed by atoms with Crippen LogP contribution in [0.2, 0.25) is 0 Å². The van der Waals surface area contributed by atoms with Gasteiger partial charge in [-0.05, 0) is 35.9 Å². The van der Waals surface area contributed by atoms with Crippen LogP contribution >= 0.6 is 11.3 Å². The van der Waals surface area contributed by atoms with E-state index in [1.165, 1.54) is 12.1 Å². The predicted octanol–water partition coefficient (Wildman–Crippen LogP) is 4.42. The first-order valence-corrected chi connectivity index (χ1v) is 8.93. The van der Waals surface area contributed by atoms with Gasteiger partial charge in [0, 0.05) is 41.2 Å². The van der Waals surface area contributed by atoms with Gasteiger partial charge >= 0.3 is 0 Å². The molecule has 0 atom stereocenters. The summed E-state index contributed by atoms with van der Waals surface area (Å²) in [6.45, 7) is 0. The summed E-state index contributed by atoms with van der Waals surface area (Å²) in [5, 5.41) is 3.63. The van der Waals surface area contributed by atoms with Crippen molar-refractivity contribution in [2.75, 3.05) is 0 Å². The number of nitrogens with zero attached hydrogens (tertiary/aromatic N) is 2. The molecule has 2 aromatic carbocycles. The highest BCUT2D eigenvalue weighted by Gasteiger charge is 2.16. The zero-order valence-corrected chi connectivity index (χ0v) is 14.3. The molecule has 0 saturated heterocycles. The van der Waals surface area contributed by atoms with Gasteiger partial charge in [-0.25, -0.2) is 9.37 Å². The van der Waals surface area contributed by atoms with Crippen LogP contribution in [0, 0.1) is 5.82 Å². The maximum Gasteiger partial charge on any atom is 0.256 e. The second-order valence-electron chi connectivity index (χ2n) is 6.11. The molecule has 0 radical (unpaired) electrons. The lowest BCUT2D eigenvalue weighted by Gasteiger charge is -2.05. The van der Waals surface area contributed by atoms with E-state index in [9.17, 15) is 9.18 Å². The lowest BCUT2D eigenvalue weighted by atomic mass is 10.0. The largest absolute Gasteiger partial charge is 0.329 e. The molecule has 0 unspecified atom stereocenters. The van der Waals surface area contributed by atoms with Crippen molar-refractivity contribution in [1.29, 1.82) is 0 Å². The van der Waals surface area contributed by atoms with Crippen LogP contribution in [0.4, 0.5) is 4.39 Å². The smallest absolute Gasteiger partial charge is 0.256 e. The Kier molecular flexibility index (Phi) is 3.33. The third-order valence-electron chi connectivity index (χ3n) is 4.46. The monoisotopic (exact) mass is 361 g/mol. The van der Waals surface area contributed by atoms with Gasteiger partial charge in [-0.1, -0.05) is 6.07 Å². The van der Waals surface area contributed by atoms with Crippen molar-refractivity contribution in [3.05, 3.63) is 81.7 Å². The Morgan fingerprint density at radius 1 is 1.12 bits per heavy atom. The number of thiazole rings is 1. The van der Waals surface area contributed by atoms with Gasteiger partial charge in [0.1, 0.15) is 5.82 Å². The minimum atomic E-state index is -0.368. The number of hydrogen-bond acceptors (Lipinski definition) is 4.